The van der Waals surface area contributed by atoms with Crippen LogP contribution in [0.25, 0.3) is 0 Å². The number of hydrogen-bond donors (Lipinski definition) is 0. The summed E-state index contributed by atoms with van der Waals surface area (Å²) in [6, 6.07) is 13.8. The van der Waals surface area contributed by atoms with Gasteiger partial charge in [-0.25, -0.2) is 9.78 Å². The van der Waals surface area contributed by atoms with Crippen molar-refractivity contribution in [3.63, 3.8) is 0 Å². The molecule has 1 aromatic heterocycles. The highest BCUT2D eigenvalue weighted by atomic mass is 35.5. The van der Waals surface area contributed by atoms with Crippen LogP contribution >= 0.6 is 34.8 Å². The largest absolute Gasteiger partial charge is 0.485 e. The Morgan fingerprint density at radius 3 is 2.39 bits per heavy atom. The molecular weight excluding hydrogens is 747 g/mol. The number of aromatic nitrogens is 1. The molecule has 2 amide bonds. The number of halogens is 3. The maximum atomic E-state index is 15.1. The summed E-state index contributed by atoms with van der Waals surface area (Å²) in [6.07, 6.45) is 7.23. The fourth-order valence-electron chi connectivity index (χ4n) is 8.56. The molecule has 2 aromatic carbocycles. The zero-order valence-corrected chi connectivity index (χ0v) is 34.1. The van der Waals surface area contributed by atoms with E-state index in [1.165, 1.54) is 0 Å². The van der Waals surface area contributed by atoms with Crippen molar-refractivity contribution in [2.24, 2.45) is 5.92 Å². The van der Waals surface area contributed by atoms with E-state index < -0.39 is 11.5 Å². The van der Waals surface area contributed by atoms with Crippen molar-refractivity contribution in [3.05, 3.63) is 86.0 Å². The first-order valence-electron chi connectivity index (χ1n) is 19.2. The maximum Gasteiger partial charge on any atom is 0.410 e. The average molecular weight is 798 g/mol. The molecule has 4 heterocycles. The number of pyridine rings is 1. The minimum atomic E-state index is -0.643. The van der Waals surface area contributed by atoms with E-state index in [-0.39, 0.29) is 42.1 Å². The average Bonchev–Trinajstić information content (AvgIpc) is 3.77. The number of rotatable bonds is 11. The lowest BCUT2D eigenvalue weighted by atomic mass is 9.75. The third-order valence-corrected chi connectivity index (χ3v) is 12.2. The lowest BCUT2D eigenvalue weighted by Crippen LogP contribution is -2.56. The van der Waals surface area contributed by atoms with Gasteiger partial charge < -0.3 is 28.9 Å². The Morgan fingerprint density at radius 2 is 1.72 bits per heavy atom. The van der Waals surface area contributed by atoms with Gasteiger partial charge in [-0.05, 0) is 113 Å². The number of piperidine rings is 1. The molecule has 12 heteroatoms. The predicted octanol–water partition coefficient (Wildman–Crippen LogP) is 9.26. The molecule has 9 nitrogen and oxygen atoms in total. The van der Waals surface area contributed by atoms with Gasteiger partial charge in [-0.3, -0.25) is 4.79 Å². The number of nitrogens with zero attached hydrogens (tertiary/aromatic N) is 4. The monoisotopic (exact) mass is 796 g/mol. The molecule has 5 atom stereocenters. The number of carbonyl (C=O) groups excluding carboxylic acids is 2. The van der Waals surface area contributed by atoms with E-state index in [0.29, 0.717) is 46.9 Å². The Morgan fingerprint density at radius 1 is 0.963 bits per heavy atom. The molecular formula is C42H51Cl3N4O5. The summed E-state index contributed by atoms with van der Waals surface area (Å²) in [7, 11) is 1.69. The van der Waals surface area contributed by atoms with Crippen LogP contribution in [0, 0.1) is 12.8 Å². The summed E-state index contributed by atoms with van der Waals surface area (Å²) in [5.74, 6) is 0.875. The number of amides is 2. The van der Waals surface area contributed by atoms with Crippen LogP contribution < -0.4 is 9.64 Å². The van der Waals surface area contributed by atoms with Crippen LogP contribution in [0.3, 0.4) is 0 Å². The Hall–Kier alpha value is -3.24. The second-order valence-corrected chi connectivity index (χ2v) is 17.6. The van der Waals surface area contributed by atoms with Gasteiger partial charge in [0.1, 0.15) is 17.5 Å². The molecule has 1 saturated carbocycles. The Labute approximate surface area is 334 Å². The van der Waals surface area contributed by atoms with E-state index in [1.54, 1.807) is 7.11 Å². The molecule has 4 fully saturated rings. The van der Waals surface area contributed by atoms with Crippen LogP contribution in [0.2, 0.25) is 15.1 Å². The van der Waals surface area contributed by atoms with Crippen LogP contribution in [0.15, 0.2) is 48.7 Å². The van der Waals surface area contributed by atoms with Crippen molar-refractivity contribution < 1.29 is 23.8 Å². The number of ether oxygens (including phenoxy) is 3. The maximum absolute atomic E-state index is 15.1. The highest BCUT2D eigenvalue weighted by molar-refractivity contribution is 6.37. The van der Waals surface area contributed by atoms with Gasteiger partial charge >= 0.3 is 6.09 Å². The number of aryl methyl sites for hydroxylation is 1. The van der Waals surface area contributed by atoms with Crippen molar-refractivity contribution in [1.82, 2.24) is 14.8 Å². The third kappa shape index (κ3) is 8.59. The SMILES string of the molecule is COCCc1ccc(Cl)c(CN(C(=O)[C@H]2[C@H](c3ccc(N4CCC(Oc5c(Cl)cc(C)cc5Cl)C4)nc3)C[C@H]3CC[C@@H]2N3C(=O)OC(C)(C)C)C2CC2)c1. The van der Waals surface area contributed by atoms with Gasteiger partial charge in [0.05, 0.1) is 29.1 Å². The van der Waals surface area contributed by atoms with Crippen LogP contribution in [0.5, 0.6) is 5.75 Å². The molecule has 2 bridgehead atoms. The highest BCUT2D eigenvalue weighted by Crippen LogP contribution is 2.49. The van der Waals surface area contributed by atoms with Gasteiger partial charge in [0.15, 0.2) is 5.75 Å². The minimum Gasteiger partial charge on any atom is -0.485 e. The fraction of sp³-hybridized carbons (Fsp3) is 0.548. The molecule has 0 N–H and O–H groups in total. The lowest BCUT2D eigenvalue weighted by Gasteiger charge is -2.45. The molecule has 4 aliphatic rings. The quantitative estimate of drug-likeness (QED) is 0.191. The van der Waals surface area contributed by atoms with Crippen LogP contribution in [-0.2, 0) is 27.2 Å². The standard InChI is InChI=1S/C42H51Cl3N4O5/c1-25-18-34(44)39(35(45)19-25)53-31-14-16-47(24-31)37-13-7-27(22-46-37)32-21-30-10-12-36(49(30)41(51)54-42(2,3)4)38(32)40(50)48(29-8-9-29)23-28-20-26(15-17-52-5)6-11-33(28)43/h6-7,11,13,18-20,22,29-32,36,38H,8-10,12,14-17,21,23-24H2,1-5H3/t30-,31?,32+,36+,38+/m1/s1. The second kappa shape index (κ2) is 16.1. The smallest absolute Gasteiger partial charge is 0.410 e. The van der Waals surface area contributed by atoms with E-state index in [4.69, 9.17) is 54.0 Å². The van der Waals surface area contributed by atoms with E-state index in [0.717, 1.165) is 73.1 Å². The van der Waals surface area contributed by atoms with Crippen molar-refractivity contribution in [2.45, 2.75) is 115 Å². The third-order valence-electron chi connectivity index (χ3n) is 11.2. The zero-order valence-electron chi connectivity index (χ0n) is 31.8. The van der Waals surface area contributed by atoms with E-state index in [2.05, 4.69) is 23.1 Å². The number of methoxy groups -OCH3 is 1. The zero-order chi connectivity index (χ0) is 38.3. The molecule has 1 unspecified atom stereocenters. The van der Waals surface area contributed by atoms with E-state index >= 15 is 4.79 Å². The summed E-state index contributed by atoms with van der Waals surface area (Å²) in [5, 5.41) is 1.66. The van der Waals surface area contributed by atoms with E-state index in [9.17, 15) is 4.79 Å². The molecule has 1 aliphatic carbocycles. The number of benzene rings is 2. The number of carbonyl (C=O) groups is 2. The number of anilines is 1. The lowest BCUT2D eigenvalue weighted by molar-refractivity contribution is -0.141. The van der Waals surface area contributed by atoms with Crippen LogP contribution in [-0.4, -0.2) is 83.4 Å². The van der Waals surface area contributed by atoms with Crippen LogP contribution in [0.1, 0.15) is 87.5 Å². The molecule has 3 saturated heterocycles. The number of fused-ring (bicyclic) bond motifs is 2. The summed E-state index contributed by atoms with van der Waals surface area (Å²) >= 11 is 19.7. The topological polar surface area (TPSA) is 84.4 Å². The summed E-state index contributed by atoms with van der Waals surface area (Å²) in [5.41, 5.74) is 3.40. The van der Waals surface area contributed by atoms with Gasteiger partial charge in [0.25, 0.3) is 0 Å². The Kier molecular flexibility index (Phi) is 11.6. The molecule has 54 heavy (non-hydrogen) atoms. The molecule has 3 aliphatic heterocycles. The Bertz CT molecular complexity index is 1830. The van der Waals surface area contributed by atoms with Gasteiger partial charge in [-0.2, -0.15) is 0 Å². The molecule has 3 aromatic rings. The minimum absolute atomic E-state index is 0.0169. The first-order valence-corrected chi connectivity index (χ1v) is 20.3. The second-order valence-electron chi connectivity index (χ2n) is 16.4. The summed E-state index contributed by atoms with van der Waals surface area (Å²) < 4.78 is 17.5. The van der Waals surface area contributed by atoms with E-state index in [1.807, 2.05) is 68.0 Å². The van der Waals surface area contributed by atoms with Gasteiger partial charge in [-0.1, -0.05) is 53.0 Å². The van der Waals surface area contributed by atoms with Crippen molar-refractivity contribution in [3.8, 4) is 5.75 Å². The fourth-order valence-corrected chi connectivity index (χ4v) is 9.42. The van der Waals surface area contributed by atoms with Crippen molar-refractivity contribution >= 4 is 52.6 Å². The number of hydrogen-bond acceptors (Lipinski definition) is 7. The molecule has 0 radical (unpaired) electrons. The van der Waals surface area contributed by atoms with Crippen molar-refractivity contribution in [2.75, 3.05) is 31.7 Å². The summed E-state index contributed by atoms with van der Waals surface area (Å²) in [4.78, 5) is 40.0. The van der Waals surface area contributed by atoms with Crippen molar-refractivity contribution in [1.29, 1.82) is 0 Å². The van der Waals surface area contributed by atoms with Gasteiger partial charge in [0, 0.05) is 61.9 Å². The highest BCUT2D eigenvalue weighted by Gasteiger charge is 2.55. The van der Waals surface area contributed by atoms with Gasteiger partial charge in [-0.15, -0.1) is 0 Å². The Balaban J connectivity index is 1.14. The normalized spacial score (nSPS) is 23.8. The first kappa shape index (κ1) is 39.0. The first-order chi connectivity index (χ1) is 25.8. The van der Waals surface area contributed by atoms with Crippen LogP contribution in [0.4, 0.5) is 10.6 Å². The summed E-state index contributed by atoms with van der Waals surface area (Å²) in [6.45, 7) is 10.1. The van der Waals surface area contributed by atoms with Gasteiger partial charge in [0.2, 0.25) is 5.91 Å². The molecule has 0 spiro atoms. The molecule has 7 rings (SSSR count). The molecule has 290 valence electrons. The predicted molar refractivity (Wildman–Crippen MR) is 213 cm³/mol.